The molecule has 3 nitrogen and oxygen atoms in total. The number of hydrogen-bond donors (Lipinski definition) is 0. The Morgan fingerprint density at radius 3 is 2.88 bits per heavy atom. The highest BCUT2D eigenvalue weighted by Crippen LogP contribution is 2.37. The number of fused-ring (bicyclic) bond motifs is 1. The molecule has 2 aliphatic heterocycles. The molecule has 2 heterocycles. The van der Waals surface area contributed by atoms with Crippen LogP contribution in [0.2, 0.25) is 0 Å². The third-order valence-corrected chi connectivity index (χ3v) is 3.71. The van der Waals surface area contributed by atoms with E-state index < -0.39 is 0 Å². The average Bonchev–Trinajstić information content (AvgIpc) is 2.95. The number of ketones is 1. The van der Waals surface area contributed by atoms with Gasteiger partial charge in [-0.25, -0.2) is 0 Å². The first-order valence-corrected chi connectivity index (χ1v) is 6.16. The van der Waals surface area contributed by atoms with Crippen molar-refractivity contribution in [3.63, 3.8) is 0 Å². The van der Waals surface area contributed by atoms with Gasteiger partial charge in [-0.2, -0.15) is 0 Å². The van der Waals surface area contributed by atoms with E-state index in [1.165, 1.54) is 0 Å². The second-order valence-corrected chi connectivity index (χ2v) is 4.78. The van der Waals surface area contributed by atoms with Gasteiger partial charge in [-0.05, 0) is 12.3 Å². The summed E-state index contributed by atoms with van der Waals surface area (Å²) in [5, 5.41) is 0. The maximum atomic E-state index is 12.1. The molecule has 1 unspecified atom stereocenters. The van der Waals surface area contributed by atoms with Crippen LogP contribution in [0.1, 0.15) is 23.2 Å². The summed E-state index contributed by atoms with van der Waals surface area (Å²) >= 11 is 0. The minimum atomic E-state index is -0.0522. The monoisotopic (exact) mass is 232 g/mol. The lowest BCUT2D eigenvalue weighted by atomic mass is 9.88. The third-order valence-electron chi connectivity index (χ3n) is 3.71. The van der Waals surface area contributed by atoms with Crippen LogP contribution in [0, 0.1) is 11.8 Å². The van der Waals surface area contributed by atoms with Crippen LogP contribution in [-0.4, -0.2) is 25.3 Å². The predicted octanol–water partition coefficient (Wildman–Crippen LogP) is 2.27. The van der Waals surface area contributed by atoms with Crippen LogP contribution in [0.3, 0.4) is 0 Å². The van der Waals surface area contributed by atoms with Crippen molar-refractivity contribution in [2.75, 3.05) is 13.2 Å². The molecule has 2 fully saturated rings. The molecule has 0 saturated carbocycles. The van der Waals surface area contributed by atoms with E-state index in [0.29, 0.717) is 24.9 Å². The van der Waals surface area contributed by atoms with E-state index >= 15 is 0 Å². The summed E-state index contributed by atoms with van der Waals surface area (Å²) in [6.07, 6.45) is 1.55. The number of hydrogen-bond acceptors (Lipinski definition) is 3. The first-order chi connectivity index (χ1) is 8.34. The normalized spacial score (nSPS) is 31.4. The molecular formula is C14H16O3. The topological polar surface area (TPSA) is 35.5 Å². The number of carbonyl (C=O) groups is 1. The SMILES string of the molecule is O=C(C[C@H]1CO[C@H]2OCCC12)c1ccccc1. The first kappa shape index (κ1) is 10.9. The number of ether oxygens (including phenoxy) is 2. The van der Waals surface area contributed by atoms with E-state index in [4.69, 9.17) is 9.47 Å². The Morgan fingerprint density at radius 2 is 2.06 bits per heavy atom. The zero-order chi connectivity index (χ0) is 11.7. The Bertz CT molecular complexity index is 401. The van der Waals surface area contributed by atoms with E-state index in [0.717, 1.165) is 18.6 Å². The molecule has 17 heavy (non-hydrogen) atoms. The molecular weight excluding hydrogens is 216 g/mol. The molecule has 2 saturated heterocycles. The molecule has 0 aliphatic carbocycles. The summed E-state index contributed by atoms with van der Waals surface area (Å²) in [4.78, 5) is 12.1. The Hall–Kier alpha value is -1.19. The van der Waals surface area contributed by atoms with Crippen molar-refractivity contribution in [1.29, 1.82) is 0 Å². The maximum Gasteiger partial charge on any atom is 0.163 e. The highest BCUT2D eigenvalue weighted by atomic mass is 16.7. The van der Waals surface area contributed by atoms with Crippen LogP contribution in [0.15, 0.2) is 30.3 Å². The van der Waals surface area contributed by atoms with E-state index in [2.05, 4.69) is 0 Å². The van der Waals surface area contributed by atoms with Crippen molar-refractivity contribution in [2.24, 2.45) is 11.8 Å². The lowest BCUT2D eigenvalue weighted by molar-refractivity contribution is -0.0905. The van der Waals surface area contributed by atoms with Crippen LogP contribution in [0.4, 0.5) is 0 Å². The molecule has 0 spiro atoms. The van der Waals surface area contributed by atoms with E-state index in [9.17, 15) is 4.79 Å². The Morgan fingerprint density at radius 1 is 1.24 bits per heavy atom. The number of rotatable bonds is 3. The molecule has 3 rings (SSSR count). The van der Waals surface area contributed by atoms with Crippen molar-refractivity contribution >= 4 is 5.78 Å². The fourth-order valence-electron chi connectivity index (χ4n) is 2.74. The molecule has 3 atom stereocenters. The van der Waals surface area contributed by atoms with Gasteiger partial charge < -0.3 is 9.47 Å². The second kappa shape index (κ2) is 4.59. The van der Waals surface area contributed by atoms with Crippen molar-refractivity contribution in [3.05, 3.63) is 35.9 Å². The van der Waals surface area contributed by atoms with Gasteiger partial charge in [-0.1, -0.05) is 30.3 Å². The molecule has 1 aromatic carbocycles. The summed E-state index contributed by atoms with van der Waals surface area (Å²) in [6.45, 7) is 1.43. The first-order valence-electron chi connectivity index (χ1n) is 6.16. The van der Waals surface area contributed by atoms with Crippen molar-refractivity contribution in [3.8, 4) is 0 Å². The highest BCUT2D eigenvalue weighted by Gasteiger charge is 2.42. The number of benzene rings is 1. The van der Waals surface area contributed by atoms with Crippen molar-refractivity contribution in [1.82, 2.24) is 0 Å². The molecule has 0 radical (unpaired) electrons. The Labute approximate surface area is 101 Å². The molecule has 0 aromatic heterocycles. The van der Waals surface area contributed by atoms with Gasteiger partial charge >= 0.3 is 0 Å². The van der Waals surface area contributed by atoms with Crippen LogP contribution >= 0.6 is 0 Å². The van der Waals surface area contributed by atoms with Gasteiger partial charge in [-0.3, -0.25) is 4.79 Å². The summed E-state index contributed by atoms with van der Waals surface area (Å²) in [5.74, 6) is 0.963. The fourth-order valence-corrected chi connectivity index (χ4v) is 2.74. The van der Waals surface area contributed by atoms with Crippen LogP contribution in [0.25, 0.3) is 0 Å². The van der Waals surface area contributed by atoms with Gasteiger partial charge in [0.1, 0.15) is 0 Å². The Kier molecular flexibility index (Phi) is 2.95. The summed E-state index contributed by atoms with van der Waals surface area (Å²) < 4.78 is 11.0. The van der Waals surface area contributed by atoms with Gasteiger partial charge in [0.25, 0.3) is 0 Å². The quantitative estimate of drug-likeness (QED) is 0.750. The maximum absolute atomic E-state index is 12.1. The second-order valence-electron chi connectivity index (χ2n) is 4.78. The smallest absolute Gasteiger partial charge is 0.163 e. The molecule has 3 heteroatoms. The third kappa shape index (κ3) is 2.13. The average molecular weight is 232 g/mol. The van der Waals surface area contributed by atoms with Gasteiger partial charge in [0.05, 0.1) is 13.2 Å². The molecule has 1 aromatic rings. The molecule has 0 N–H and O–H groups in total. The fraction of sp³-hybridized carbons (Fsp3) is 0.500. The van der Waals surface area contributed by atoms with Gasteiger partial charge in [-0.15, -0.1) is 0 Å². The number of carbonyl (C=O) groups excluding carboxylic acids is 1. The minimum absolute atomic E-state index is 0.0522. The van der Waals surface area contributed by atoms with Gasteiger partial charge in [0, 0.05) is 17.9 Å². The molecule has 90 valence electrons. The molecule has 0 amide bonds. The molecule has 0 bridgehead atoms. The zero-order valence-electron chi connectivity index (χ0n) is 9.67. The van der Waals surface area contributed by atoms with Crippen molar-refractivity contribution in [2.45, 2.75) is 19.1 Å². The Balaban J connectivity index is 1.66. The molecule has 2 aliphatic rings. The summed E-state index contributed by atoms with van der Waals surface area (Å²) in [6, 6.07) is 9.48. The predicted molar refractivity (Wildman–Crippen MR) is 62.7 cm³/mol. The van der Waals surface area contributed by atoms with Crippen LogP contribution in [-0.2, 0) is 9.47 Å². The lowest BCUT2D eigenvalue weighted by Gasteiger charge is -2.13. The highest BCUT2D eigenvalue weighted by molar-refractivity contribution is 5.96. The standard InChI is InChI=1S/C14H16O3/c15-13(10-4-2-1-3-5-10)8-11-9-17-14-12(11)6-7-16-14/h1-5,11-12,14H,6-9H2/t11-,12?,14+/m0/s1. The number of Topliss-reactive ketones (excluding diaryl/α,β-unsaturated/α-hetero) is 1. The van der Waals surface area contributed by atoms with Crippen LogP contribution in [0.5, 0.6) is 0 Å². The largest absolute Gasteiger partial charge is 0.352 e. The summed E-state index contributed by atoms with van der Waals surface area (Å²) in [7, 11) is 0. The van der Waals surface area contributed by atoms with E-state index in [-0.39, 0.29) is 12.1 Å². The van der Waals surface area contributed by atoms with E-state index in [1.807, 2.05) is 30.3 Å². The lowest BCUT2D eigenvalue weighted by Crippen LogP contribution is -2.18. The van der Waals surface area contributed by atoms with Crippen molar-refractivity contribution < 1.29 is 14.3 Å². The summed E-state index contributed by atoms with van der Waals surface area (Å²) in [5.41, 5.74) is 0.801. The van der Waals surface area contributed by atoms with Crippen LogP contribution < -0.4 is 0 Å². The zero-order valence-corrected chi connectivity index (χ0v) is 9.67. The van der Waals surface area contributed by atoms with Gasteiger partial charge in [0.15, 0.2) is 12.1 Å². The van der Waals surface area contributed by atoms with E-state index in [1.54, 1.807) is 0 Å². The minimum Gasteiger partial charge on any atom is -0.352 e. The van der Waals surface area contributed by atoms with Gasteiger partial charge in [0.2, 0.25) is 0 Å².